The van der Waals surface area contributed by atoms with E-state index in [-0.39, 0.29) is 39.6 Å². The summed E-state index contributed by atoms with van der Waals surface area (Å²) in [5.41, 5.74) is -0.0625. The van der Waals surface area contributed by atoms with Crippen LogP contribution in [0.2, 0.25) is 0 Å². The van der Waals surface area contributed by atoms with Crippen LogP contribution in [0.3, 0.4) is 0 Å². The van der Waals surface area contributed by atoms with Gasteiger partial charge in [-0.3, -0.25) is 19.6 Å². The van der Waals surface area contributed by atoms with Gasteiger partial charge in [-0.05, 0) is 60.2 Å². The number of methoxy groups -OCH3 is 2. The molecule has 3 aromatic rings. The zero-order valence-electron chi connectivity index (χ0n) is 27.0. The normalized spacial score (nSPS) is 20.4. The van der Waals surface area contributed by atoms with Gasteiger partial charge in [-0.1, -0.05) is 45.0 Å². The van der Waals surface area contributed by atoms with E-state index < -0.39 is 43.1 Å². The molecule has 2 atom stereocenters. The highest BCUT2D eigenvalue weighted by Crippen LogP contribution is 2.43. The predicted molar refractivity (Wildman–Crippen MR) is 179 cm³/mol. The van der Waals surface area contributed by atoms with Gasteiger partial charge in [0, 0.05) is 23.4 Å². The van der Waals surface area contributed by atoms with Gasteiger partial charge in [0.25, 0.3) is 10.0 Å². The molecule has 250 valence electrons. The number of benzene rings is 3. The molecule has 0 radical (unpaired) electrons. The van der Waals surface area contributed by atoms with Gasteiger partial charge in [-0.15, -0.1) is 4.40 Å². The lowest BCUT2D eigenvalue weighted by Crippen LogP contribution is -2.59. The third-order valence-electron chi connectivity index (χ3n) is 8.23. The second kappa shape index (κ2) is 12.4. The van der Waals surface area contributed by atoms with E-state index in [1.807, 2.05) is 0 Å². The van der Waals surface area contributed by atoms with Crippen molar-refractivity contribution in [1.82, 2.24) is 5.32 Å². The van der Waals surface area contributed by atoms with Crippen molar-refractivity contribution >= 4 is 48.8 Å². The van der Waals surface area contributed by atoms with Crippen LogP contribution in [0.25, 0.3) is 0 Å². The molecule has 0 bridgehead atoms. The molecule has 0 aromatic heterocycles. The van der Waals surface area contributed by atoms with E-state index in [1.54, 1.807) is 56.7 Å². The number of sulfonamides is 2. The number of nitrogens with one attached hydrogen (secondary N) is 3. The molecule has 0 saturated heterocycles. The van der Waals surface area contributed by atoms with Crippen LogP contribution in [0.4, 0.5) is 11.4 Å². The molecule has 3 N–H and O–H groups in total. The largest absolute Gasteiger partial charge is 0.497 e. The topological polar surface area (TPSA) is 169 Å². The molecule has 1 heterocycles. The van der Waals surface area contributed by atoms with Crippen LogP contribution in [0, 0.1) is 11.3 Å². The van der Waals surface area contributed by atoms with Crippen molar-refractivity contribution in [1.29, 1.82) is 0 Å². The van der Waals surface area contributed by atoms with E-state index in [2.05, 4.69) is 40.5 Å². The van der Waals surface area contributed by atoms with E-state index in [0.29, 0.717) is 35.5 Å². The average Bonchev–Trinajstić information content (AvgIpc) is 2.99. The fourth-order valence-electron chi connectivity index (χ4n) is 5.91. The van der Waals surface area contributed by atoms with Gasteiger partial charge in [-0.2, -0.15) is 8.42 Å². The number of hydrogen-bond donors (Lipinski definition) is 3. The number of amidine groups is 1. The number of ether oxygens (including phenoxy) is 2. The summed E-state index contributed by atoms with van der Waals surface area (Å²) in [6, 6.07) is 16.0. The van der Waals surface area contributed by atoms with Crippen molar-refractivity contribution in [2.24, 2.45) is 15.7 Å². The summed E-state index contributed by atoms with van der Waals surface area (Å²) in [5.74, 6) is -1.88. The number of hydrogen-bond acceptors (Lipinski definition) is 10. The lowest BCUT2D eigenvalue weighted by molar-refractivity contribution is -0.128. The number of fused-ring (bicyclic) bond motifs is 2. The fourth-order valence-corrected chi connectivity index (χ4v) is 7.65. The van der Waals surface area contributed by atoms with Crippen LogP contribution < -0.4 is 24.8 Å². The number of anilines is 2. The molecule has 1 aliphatic carbocycles. The zero-order valence-corrected chi connectivity index (χ0v) is 28.6. The second-order valence-corrected chi connectivity index (χ2v) is 16.2. The lowest BCUT2D eigenvalue weighted by Gasteiger charge is -2.43. The van der Waals surface area contributed by atoms with Crippen molar-refractivity contribution in [3.05, 3.63) is 77.4 Å². The standard InChI is InChI=1S/C33H38N4O8S2/c1-32(2,3)15-16-33(34-19-20-17-22(44-4)12-14-26(20)45-5)24-10-8-7-9-23(24)29(38)28(30(33)39)31-35-25-13-11-21(36-46(6,40)41)18-27(25)47(42,43)37-31/h7-14,17-18,28,34,36H,15-16,19H2,1-6H3,(H,35,37). The maximum absolute atomic E-state index is 14.9. The molecule has 0 spiro atoms. The third-order valence-corrected chi connectivity index (χ3v) is 10.2. The number of rotatable bonds is 10. The molecule has 47 heavy (non-hydrogen) atoms. The number of carbonyl (C=O) groups is 2. The van der Waals surface area contributed by atoms with E-state index in [4.69, 9.17) is 9.47 Å². The van der Waals surface area contributed by atoms with Gasteiger partial charge < -0.3 is 14.8 Å². The number of ketones is 2. The molecule has 2 aliphatic rings. The first kappa shape index (κ1) is 34.1. The third kappa shape index (κ3) is 6.90. The minimum atomic E-state index is -4.45. The Morgan fingerprint density at radius 3 is 2.38 bits per heavy atom. The Morgan fingerprint density at radius 2 is 1.72 bits per heavy atom. The minimum Gasteiger partial charge on any atom is -0.497 e. The maximum atomic E-state index is 14.9. The molecule has 0 amide bonds. The summed E-state index contributed by atoms with van der Waals surface area (Å²) in [4.78, 5) is 28.8. The van der Waals surface area contributed by atoms with Crippen LogP contribution in [0.1, 0.15) is 55.1 Å². The van der Waals surface area contributed by atoms with Crippen LogP contribution >= 0.6 is 0 Å². The van der Waals surface area contributed by atoms with Gasteiger partial charge >= 0.3 is 0 Å². The lowest BCUT2D eigenvalue weighted by atomic mass is 9.66. The van der Waals surface area contributed by atoms with E-state index in [0.717, 1.165) is 12.3 Å². The molecular weight excluding hydrogens is 645 g/mol. The molecule has 3 aromatic carbocycles. The molecule has 1 aliphatic heterocycles. The first-order valence-corrected chi connectivity index (χ1v) is 18.2. The van der Waals surface area contributed by atoms with Gasteiger partial charge in [0.05, 0.1) is 26.2 Å². The monoisotopic (exact) mass is 682 g/mol. The van der Waals surface area contributed by atoms with Crippen LogP contribution in [0.5, 0.6) is 11.5 Å². The Bertz CT molecular complexity index is 2000. The van der Waals surface area contributed by atoms with Crippen molar-refractivity contribution in [3.8, 4) is 11.5 Å². The molecular formula is C33H38N4O8S2. The summed E-state index contributed by atoms with van der Waals surface area (Å²) in [6.07, 6.45) is 1.81. The average molecular weight is 683 g/mol. The minimum absolute atomic E-state index is 0.0207. The van der Waals surface area contributed by atoms with Crippen molar-refractivity contribution in [2.45, 2.75) is 50.6 Å². The maximum Gasteiger partial charge on any atom is 0.286 e. The first-order chi connectivity index (χ1) is 22.0. The van der Waals surface area contributed by atoms with Gasteiger partial charge in [0.15, 0.2) is 11.6 Å². The summed E-state index contributed by atoms with van der Waals surface area (Å²) >= 11 is 0. The molecule has 12 nitrogen and oxygen atoms in total. The Labute approximate surface area is 275 Å². The Balaban J connectivity index is 1.63. The molecule has 2 unspecified atom stereocenters. The van der Waals surface area contributed by atoms with Gasteiger partial charge in [0.2, 0.25) is 10.0 Å². The Kier molecular flexibility index (Phi) is 8.99. The number of nitrogens with zero attached hydrogens (tertiary/aromatic N) is 1. The Hall–Kier alpha value is -4.27. The van der Waals surface area contributed by atoms with E-state index in [1.165, 1.54) is 12.1 Å². The predicted octanol–water partition coefficient (Wildman–Crippen LogP) is 4.48. The quantitative estimate of drug-likeness (QED) is 0.259. The van der Waals surface area contributed by atoms with Crippen LogP contribution in [0.15, 0.2) is 70.0 Å². The second-order valence-electron chi connectivity index (χ2n) is 12.9. The molecule has 0 saturated carbocycles. The van der Waals surface area contributed by atoms with Crippen LogP contribution in [-0.4, -0.2) is 54.7 Å². The van der Waals surface area contributed by atoms with Gasteiger partial charge in [0.1, 0.15) is 33.7 Å². The molecule has 0 fully saturated rings. The summed E-state index contributed by atoms with van der Waals surface area (Å²) < 4.78 is 67.7. The van der Waals surface area contributed by atoms with Crippen LogP contribution in [-0.2, 0) is 36.9 Å². The van der Waals surface area contributed by atoms with Crippen molar-refractivity contribution < 1.29 is 35.9 Å². The van der Waals surface area contributed by atoms with Crippen molar-refractivity contribution in [2.75, 3.05) is 30.5 Å². The summed E-state index contributed by atoms with van der Waals surface area (Å²) in [7, 11) is -5.05. The van der Waals surface area contributed by atoms with E-state index >= 15 is 0 Å². The zero-order chi connectivity index (χ0) is 34.4. The fraction of sp³-hybridized carbons (Fsp3) is 0.364. The summed E-state index contributed by atoms with van der Waals surface area (Å²) in [5, 5.41) is 6.39. The van der Waals surface area contributed by atoms with Crippen molar-refractivity contribution in [3.63, 3.8) is 0 Å². The Morgan fingerprint density at radius 1 is 1.00 bits per heavy atom. The first-order valence-electron chi connectivity index (χ1n) is 14.9. The summed E-state index contributed by atoms with van der Waals surface area (Å²) in [6.45, 7) is 6.31. The highest BCUT2D eigenvalue weighted by molar-refractivity contribution is 7.92. The number of Topliss-reactive ketones (excluding diaryl/α,β-unsaturated/α-hetero) is 2. The van der Waals surface area contributed by atoms with Gasteiger partial charge in [-0.25, -0.2) is 8.42 Å². The highest BCUT2D eigenvalue weighted by atomic mass is 32.2. The highest BCUT2D eigenvalue weighted by Gasteiger charge is 2.54. The SMILES string of the molecule is COc1ccc(OC)c(CNC2(CCC(C)(C)C)C(=O)C(C3=NS(=O)(=O)c4cc(NS(C)(=O)=O)ccc4N3)C(=O)c3ccccc32)c1. The van der Waals surface area contributed by atoms with E-state index in [9.17, 15) is 26.4 Å². The molecule has 14 heteroatoms. The number of carbonyl (C=O) groups excluding carboxylic acids is 2. The smallest absolute Gasteiger partial charge is 0.286 e. The molecule has 5 rings (SSSR count).